The summed E-state index contributed by atoms with van der Waals surface area (Å²) in [6.45, 7) is 6.12. The van der Waals surface area contributed by atoms with Crippen LogP contribution in [0.1, 0.15) is 34.8 Å². The Balaban J connectivity index is 1.28. The molecule has 154 valence electrons. The Bertz CT molecular complexity index is 1200. The topological polar surface area (TPSA) is 96.7 Å². The number of aromatic amines is 1. The van der Waals surface area contributed by atoms with Crippen molar-refractivity contribution < 1.29 is 9.32 Å². The molecule has 30 heavy (non-hydrogen) atoms. The van der Waals surface area contributed by atoms with Crippen molar-refractivity contribution in [2.45, 2.75) is 44.5 Å². The first-order chi connectivity index (χ1) is 14.5. The van der Waals surface area contributed by atoms with Crippen molar-refractivity contribution in [3.8, 4) is 0 Å². The molecule has 0 aliphatic rings. The summed E-state index contributed by atoms with van der Waals surface area (Å²) >= 11 is 1.52. The van der Waals surface area contributed by atoms with Gasteiger partial charge in [-0.2, -0.15) is 4.98 Å². The van der Waals surface area contributed by atoms with Gasteiger partial charge in [-0.25, -0.2) is 4.98 Å². The number of carbonyl (C=O) groups excluding carboxylic acids is 1. The quantitative estimate of drug-likeness (QED) is 0.419. The molecule has 2 heterocycles. The number of hydrogen-bond donors (Lipinski definition) is 2. The van der Waals surface area contributed by atoms with E-state index in [1.807, 2.05) is 44.2 Å². The maximum absolute atomic E-state index is 12.2. The van der Waals surface area contributed by atoms with Gasteiger partial charge in [0.25, 0.3) is 0 Å². The van der Waals surface area contributed by atoms with Crippen LogP contribution in [0.4, 0.5) is 5.69 Å². The molecule has 2 aromatic carbocycles. The summed E-state index contributed by atoms with van der Waals surface area (Å²) in [5, 5.41) is 7.72. The van der Waals surface area contributed by atoms with Gasteiger partial charge < -0.3 is 14.8 Å². The Morgan fingerprint density at radius 1 is 1.10 bits per heavy atom. The van der Waals surface area contributed by atoms with Crippen LogP contribution >= 0.6 is 11.8 Å². The number of imidazole rings is 1. The number of amides is 1. The van der Waals surface area contributed by atoms with E-state index in [2.05, 4.69) is 38.4 Å². The van der Waals surface area contributed by atoms with Crippen LogP contribution in [0.2, 0.25) is 0 Å². The number of anilines is 1. The van der Waals surface area contributed by atoms with E-state index >= 15 is 0 Å². The first-order valence-corrected chi connectivity index (χ1v) is 10.7. The lowest BCUT2D eigenvalue weighted by Gasteiger charge is -2.06. The van der Waals surface area contributed by atoms with Gasteiger partial charge in [-0.1, -0.05) is 29.1 Å². The van der Waals surface area contributed by atoms with Crippen molar-refractivity contribution >= 4 is 34.4 Å². The second-order valence-electron chi connectivity index (χ2n) is 7.30. The molecule has 0 radical (unpaired) electrons. The van der Waals surface area contributed by atoms with Gasteiger partial charge >= 0.3 is 0 Å². The molecule has 0 bridgehead atoms. The summed E-state index contributed by atoms with van der Waals surface area (Å²) in [7, 11) is 0. The van der Waals surface area contributed by atoms with E-state index in [0.29, 0.717) is 23.9 Å². The lowest BCUT2D eigenvalue weighted by Crippen LogP contribution is -2.12. The molecule has 2 N–H and O–H groups in total. The number of H-pyrrole nitrogens is 1. The Hall–Kier alpha value is -3.13. The second-order valence-corrected chi connectivity index (χ2v) is 8.27. The third-order valence-electron chi connectivity index (χ3n) is 4.82. The van der Waals surface area contributed by atoms with Crippen LogP contribution in [0.3, 0.4) is 0 Å². The maximum Gasteiger partial charge on any atom is 0.227 e. The minimum Gasteiger partial charge on any atom is -0.339 e. The van der Waals surface area contributed by atoms with Crippen LogP contribution < -0.4 is 5.32 Å². The summed E-state index contributed by atoms with van der Waals surface area (Å²) in [6, 6.07) is 12.0. The molecule has 1 amide bonds. The number of hydrogen-bond acceptors (Lipinski definition) is 6. The van der Waals surface area contributed by atoms with E-state index < -0.39 is 0 Å². The Labute approximate surface area is 178 Å². The number of fused-ring (bicyclic) bond motifs is 1. The van der Waals surface area contributed by atoms with Crippen molar-refractivity contribution in [1.82, 2.24) is 20.1 Å². The molecule has 0 aliphatic heterocycles. The largest absolute Gasteiger partial charge is 0.339 e. The zero-order valence-electron chi connectivity index (χ0n) is 17.2. The summed E-state index contributed by atoms with van der Waals surface area (Å²) in [5.74, 6) is 1.50. The Morgan fingerprint density at radius 2 is 1.97 bits per heavy atom. The van der Waals surface area contributed by atoms with Gasteiger partial charge in [0, 0.05) is 18.5 Å². The van der Waals surface area contributed by atoms with E-state index in [0.717, 1.165) is 27.4 Å². The summed E-state index contributed by atoms with van der Waals surface area (Å²) in [6.07, 6.45) is 0.683. The number of aromatic nitrogens is 4. The first-order valence-electron chi connectivity index (χ1n) is 9.74. The number of benzene rings is 2. The molecule has 0 fully saturated rings. The summed E-state index contributed by atoms with van der Waals surface area (Å²) in [4.78, 5) is 24.4. The van der Waals surface area contributed by atoms with Crippen molar-refractivity contribution in [2.75, 3.05) is 5.32 Å². The normalized spacial score (nSPS) is 11.2. The highest BCUT2D eigenvalue weighted by atomic mass is 32.2. The average molecular weight is 422 g/mol. The number of rotatable bonds is 7. The average Bonchev–Trinajstić information content (AvgIpc) is 3.33. The fourth-order valence-corrected chi connectivity index (χ4v) is 3.74. The number of nitrogens with zero attached hydrogens (tertiary/aromatic N) is 3. The lowest BCUT2D eigenvalue weighted by molar-refractivity contribution is -0.116. The Kier molecular flexibility index (Phi) is 5.85. The molecule has 7 nitrogen and oxygen atoms in total. The van der Waals surface area contributed by atoms with Crippen molar-refractivity contribution in [3.63, 3.8) is 0 Å². The minimum absolute atomic E-state index is 0.0788. The smallest absolute Gasteiger partial charge is 0.227 e. The fraction of sp³-hybridized carbons (Fsp3) is 0.273. The van der Waals surface area contributed by atoms with Gasteiger partial charge in [0.15, 0.2) is 11.0 Å². The van der Waals surface area contributed by atoms with Crippen LogP contribution in [-0.4, -0.2) is 26.0 Å². The highest BCUT2D eigenvalue weighted by molar-refractivity contribution is 7.98. The van der Waals surface area contributed by atoms with Gasteiger partial charge in [-0.05, 0) is 61.7 Å². The number of aryl methyl sites for hydroxylation is 4. The van der Waals surface area contributed by atoms with Crippen LogP contribution in [0.15, 0.2) is 46.1 Å². The highest BCUT2D eigenvalue weighted by Crippen LogP contribution is 2.23. The van der Waals surface area contributed by atoms with E-state index in [9.17, 15) is 4.79 Å². The number of nitrogens with one attached hydrogen (secondary N) is 2. The van der Waals surface area contributed by atoms with Crippen LogP contribution in [0, 0.1) is 20.8 Å². The molecular weight excluding hydrogens is 398 g/mol. The zero-order valence-corrected chi connectivity index (χ0v) is 18.0. The van der Waals surface area contributed by atoms with E-state index in [-0.39, 0.29) is 12.3 Å². The van der Waals surface area contributed by atoms with Gasteiger partial charge in [0.1, 0.15) is 0 Å². The van der Waals surface area contributed by atoms with Crippen molar-refractivity contribution in [2.24, 2.45) is 0 Å². The minimum atomic E-state index is -0.0788. The van der Waals surface area contributed by atoms with Gasteiger partial charge in [0.05, 0.1) is 16.8 Å². The predicted octanol–water partition coefficient (Wildman–Crippen LogP) is 4.73. The number of thioether (sulfide) groups is 1. The van der Waals surface area contributed by atoms with Crippen LogP contribution in [0.5, 0.6) is 0 Å². The molecular formula is C22H23N5O2S. The molecule has 8 heteroatoms. The SMILES string of the molecule is Cc1ccc2nc(SCc3noc(CCC(=O)Nc4ccc(C)c(C)c4)n3)[nH]c2c1. The molecule has 0 saturated heterocycles. The van der Waals surface area contributed by atoms with E-state index in [1.165, 1.54) is 22.9 Å². The first kappa shape index (κ1) is 20.2. The predicted molar refractivity (Wildman–Crippen MR) is 118 cm³/mol. The number of carbonyl (C=O) groups is 1. The van der Waals surface area contributed by atoms with Crippen molar-refractivity contribution in [1.29, 1.82) is 0 Å². The highest BCUT2D eigenvalue weighted by Gasteiger charge is 2.11. The third-order valence-corrected chi connectivity index (χ3v) is 5.69. The summed E-state index contributed by atoms with van der Waals surface area (Å²) < 4.78 is 5.28. The molecule has 4 rings (SSSR count). The monoisotopic (exact) mass is 421 g/mol. The molecule has 0 unspecified atom stereocenters. The molecule has 4 aromatic rings. The van der Waals surface area contributed by atoms with Gasteiger partial charge in [0.2, 0.25) is 11.8 Å². The zero-order chi connectivity index (χ0) is 21.1. The third kappa shape index (κ3) is 4.88. The van der Waals surface area contributed by atoms with Crippen LogP contribution in [-0.2, 0) is 17.0 Å². The van der Waals surface area contributed by atoms with E-state index in [1.54, 1.807) is 0 Å². The molecule has 0 spiro atoms. The van der Waals surface area contributed by atoms with Gasteiger partial charge in [-0.15, -0.1) is 0 Å². The van der Waals surface area contributed by atoms with E-state index in [4.69, 9.17) is 4.52 Å². The second kappa shape index (κ2) is 8.71. The van der Waals surface area contributed by atoms with Gasteiger partial charge in [-0.3, -0.25) is 4.79 Å². The van der Waals surface area contributed by atoms with Crippen molar-refractivity contribution in [3.05, 3.63) is 64.8 Å². The molecule has 0 atom stereocenters. The summed E-state index contributed by atoms with van der Waals surface area (Å²) in [5.41, 5.74) is 6.28. The fourth-order valence-electron chi connectivity index (χ4n) is 3.01. The lowest BCUT2D eigenvalue weighted by atomic mass is 10.1. The standard InChI is InChI=1S/C22H23N5O2S/c1-13-4-7-17-18(10-13)25-22(24-17)30-12-19-26-21(29-27-19)9-8-20(28)23-16-6-5-14(2)15(3)11-16/h4-7,10-11H,8-9,12H2,1-3H3,(H,23,28)(H,24,25). The molecule has 2 aromatic heterocycles. The molecule has 0 saturated carbocycles. The Morgan fingerprint density at radius 3 is 2.80 bits per heavy atom. The maximum atomic E-state index is 12.2. The van der Waals surface area contributed by atoms with Crippen LogP contribution in [0.25, 0.3) is 11.0 Å². The molecule has 0 aliphatic carbocycles.